The standard InChI is InChI=1S/C17H18BrCl/c1-11-4-5-14(8-12(11)2)10-16(18)15-6-7-17(19)13(3)9-15/h4-9,16H,10H2,1-3H3. The molecule has 1 atom stereocenters. The summed E-state index contributed by atoms with van der Waals surface area (Å²) in [6, 6.07) is 12.9. The van der Waals surface area contributed by atoms with E-state index in [1.54, 1.807) is 0 Å². The van der Waals surface area contributed by atoms with Gasteiger partial charge in [-0.15, -0.1) is 0 Å². The Hall–Kier alpha value is -0.790. The number of hydrogen-bond acceptors (Lipinski definition) is 0. The Kier molecular flexibility index (Phi) is 4.70. The lowest BCUT2D eigenvalue weighted by atomic mass is 10.00. The molecule has 0 aromatic heterocycles. The van der Waals surface area contributed by atoms with Crippen LogP contribution in [0.1, 0.15) is 32.6 Å². The van der Waals surface area contributed by atoms with Crippen LogP contribution in [0.15, 0.2) is 36.4 Å². The Morgan fingerprint density at radius 3 is 2.32 bits per heavy atom. The summed E-state index contributed by atoms with van der Waals surface area (Å²) >= 11 is 9.85. The predicted molar refractivity (Wildman–Crippen MR) is 87.5 cm³/mol. The Balaban J connectivity index is 2.17. The molecule has 0 nitrogen and oxygen atoms in total. The van der Waals surface area contributed by atoms with E-state index in [2.05, 4.69) is 60.1 Å². The highest BCUT2D eigenvalue weighted by molar-refractivity contribution is 9.09. The van der Waals surface area contributed by atoms with Crippen LogP contribution in [-0.2, 0) is 6.42 Å². The van der Waals surface area contributed by atoms with Crippen LogP contribution in [0.25, 0.3) is 0 Å². The highest BCUT2D eigenvalue weighted by Crippen LogP contribution is 2.30. The van der Waals surface area contributed by atoms with Gasteiger partial charge in [0.15, 0.2) is 0 Å². The van der Waals surface area contributed by atoms with Gasteiger partial charge in [0.05, 0.1) is 0 Å². The van der Waals surface area contributed by atoms with Gasteiger partial charge >= 0.3 is 0 Å². The molecule has 2 heteroatoms. The first-order chi connectivity index (χ1) is 8.97. The van der Waals surface area contributed by atoms with Gasteiger partial charge in [0.2, 0.25) is 0 Å². The second-order valence-corrected chi connectivity index (χ2v) is 6.61. The van der Waals surface area contributed by atoms with Crippen molar-refractivity contribution in [2.75, 3.05) is 0 Å². The largest absolute Gasteiger partial charge is 0.0841 e. The summed E-state index contributed by atoms with van der Waals surface area (Å²) in [5, 5.41) is 0.828. The highest BCUT2D eigenvalue weighted by Gasteiger charge is 2.10. The van der Waals surface area contributed by atoms with Gasteiger partial charge in [-0.25, -0.2) is 0 Å². The van der Waals surface area contributed by atoms with Crippen LogP contribution in [0, 0.1) is 20.8 Å². The molecular weight excluding hydrogens is 320 g/mol. The zero-order valence-corrected chi connectivity index (χ0v) is 13.8. The van der Waals surface area contributed by atoms with Gasteiger partial charge in [-0.2, -0.15) is 0 Å². The minimum atomic E-state index is 0.325. The summed E-state index contributed by atoms with van der Waals surface area (Å²) in [5.74, 6) is 0. The van der Waals surface area contributed by atoms with Crippen molar-refractivity contribution in [3.8, 4) is 0 Å². The summed E-state index contributed by atoms with van der Waals surface area (Å²) in [4.78, 5) is 0.325. The van der Waals surface area contributed by atoms with Crippen molar-refractivity contribution in [2.45, 2.75) is 32.0 Å². The maximum atomic E-state index is 6.07. The van der Waals surface area contributed by atoms with Gasteiger partial charge in [0, 0.05) is 9.85 Å². The number of alkyl halides is 1. The fourth-order valence-corrected chi connectivity index (χ4v) is 2.89. The van der Waals surface area contributed by atoms with Crippen molar-refractivity contribution in [2.24, 2.45) is 0 Å². The number of rotatable bonds is 3. The van der Waals surface area contributed by atoms with Crippen LogP contribution in [0.2, 0.25) is 5.02 Å². The van der Waals surface area contributed by atoms with Gasteiger partial charge < -0.3 is 0 Å². The molecule has 19 heavy (non-hydrogen) atoms. The predicted octanol–water partition coefficient (Wildman–Crippen LogP) is 5.94. The molecule has 2 aromatic carbocycles. The Labute approximate surface area is 128 Å². The minimum absolute atomic E-state index is 0.325. The molecule has 0 aliphatic carbocycles. The summed E-state index contributed by atoms with van der Waals surface area (Å²) < 4.78 is 0. The molecular formula is C17H18BrCl. The van der Waals surface area contributed by atoms with E-state index in [1.807, 2.05) is 13.0 Å². The van der Waals surface area contributed by atoms with Gasteiger partial charge in [-0.1, -0.05) is 57.9 Å². The van der Waals surface area contributed by atoms with Crippen LogP contribution < -0.4 is 0 Å². The highest BCUT2D eigenvalue weighted by atomic mass is 79.9. The Morgan fingerprint density at radius 1 is 0.947 bits per heavy atom. The number of halogens is 2. The van der Waals surface area contributed by atoms with Crippen molar-refractivity contribution in [1.82, 2.24) is 0 Å². The quantitative estimate of drug-likeness (QED) is 0.608. The lowest BCUT2D eigenvalue weighted by Gasteiger charge is -2.13. The van der Waals surface area contributed by atoms with E-state index in [1.165, 1.54) is 22.3 Å². The fourth-order valence-electron chi connectivity index (χ4n) is 2.12. The van der Waals surface area contributed by atoms with Crippen LogP contribution in [0.5, 0.6) is 0 Å². The fraction of sp³-hybridized carbons (Fsp3) is 0.294. The molecule has 0 bridgehead atoms. The molecule has 0 saturated heterocycles. The van der Waals surface area contributed by atoms with E-state index in [-0.39, 0.29) is 0 Å². The topological polar surface area (TPSA) is 0 Å². The molecule has 0 fully saturated rings. The monoisotopic (exact) mass is 336 g/mol. The SMILES string of the molecule is Cc1ccc(CC(Br)c2ccc(Cl)c(C)c2)cc1C. The average Bonchev–Trinajstić information content (AvgIpc) is 2.37. The average molecular weight is 338 g/mol. The first-order valence-electron chi connectivity index (χ1n) is 6.43. The van der Waals surface area contributed by atoms with E-state index in [0.717, 1.165) is 17.0 Å². The Bertz CT molecular complexity index is 590. The molecule has 2 aromatic rings. The molecule has 0 radical (unpaired) electrons. The molecule has 0 heterocycles. The first-order valence-corrected chi connectivity index (χ1v) is 7.73. The zero-order valence-electron chi connectivity index (χ0n) is 11.5. The van der Waals surface area contributed by atoms with E-state index in [0.29, 0.717) is 4.83 Å². The number of aryl methyl sites for hydroxylation is 3. The maximum Gasteiger partial charge on any atom is 0.0435 e. The molecule has 0 amide bonds. The van der Waals surface area contributed by atoms with E-state index < -0.39 is 0 Å². The molecule has 1 unspecified atom stereocenters. The maximum absolute atomic E-state index is 6.07. The summed E-state index contributed by atoms with van der Waals surface area (Å²) in [5.41, 5.74) is 6.46. The normalized spacial score (nSPS) is 12.5. The summed E-state index contributed by atoms with van der Waals surface area (Å²) in [6.07, 6.45) is 0.988. The second-order valence-electron chi connectivity index (χ2n) is 5.10. The minimum Gasteiger partial charge on any atom is -0.0841 e. The van der Waals surface area contributed by atoms with Gasteiger partial charge in [-0.05, 0) is 61.1 Å². The summed E-state index contributed by atoms with van der Waals surface area (Å²) in [7, 11) is 0. The summed E-state index contributed by atoms with van der Waals surface area (Å²) in [6.45, 7) is 6.35. The van der Waals surface area contributed by atoms with Crippen molar-refractivity contribution < 1.29 is 0 Å². The second kappa shape index (κ2) is 6.11. The molecule has 0 aliphatic heterocycles. The molecule has 0 aliphatic rings. The van der Waals surface area contributed by atoms with Crippen molar-refractivity contribution in [3.63, 3.8) is 0 Å². The third-order valence-electron chi connectivity index (χ3n) is 3.53. The lowest BCUT2D eigenvalue weighted by Crippen LogP contribution is -1.97. The lowest BCUT2D eigenvalue weighted by molar-refractivity contribution is 0.943. The molecule has 0 spiro atoms. The molecule has 0 N–H and O–H groups in total. The van der Waals surface area contributed by atoms with Crippen LogP contribution in [-0.4, -0.2) is 0 Å². The van der Waals surface area contributed by atoms with Gasteiger partial charge in [0.1, 0.15) is 0 Å². The van der Waals surface area contributed by atoms with E-state index in [4.69, 9.17) is 11.6 Å². The van der Waals surface area contributed by atoms with Gasteiger partial charge in [-0.3, -0.25) is 0 Å². The number of hydrogen-bond donors (Lipinski definition) is 0. The molecule has 100 valence electrons. The third-order valence-corrected chi connectivity index (χ3v) is 4.81. The molecule has 0 saturated carbocycles. The Morgan fingerprint density at radius 2 is 1.68 bits per heavy atom. The van der Waals surface area contributed by atoms with Crippen molar-refractivity contribution in [3.05, 3.63) is 69.2 Å². The van der Waals surface area contributed by atoms with Crippen LogP contribution in [0.4, 0.5) is 0 Å². The van der Waals surface area contributed by atoms with Crippen molar-refractivity contribution in [1.29, 1.82) is 0 Å². The van der Waals surface area contributed by atoms with Crippen LogP contribution in [0.3, 0.4) is 0 Å². The van der Waals surface area contributed by atoms with E-state index in [9.17, 15) is 0 Å². The smallest absolute Gasteiger partial charge is 0.0435 e. The van der Waals surface area contributed by atoms with E-state index >= 15 is 0 Å². The van der Waals surface area contributed by atoms with Crippen LogP contribution >= 0.6 is 27.5 Å². The van der Waals surface area contributed by atoms with Crippen molar-refractivity contribution >= 4 is 27.5 Å². The number of benzene rings is 2. The molecule has 2 rings (SSSR count). The third kappa shape index (κ3) is 3.61. The first kappa shape index (κ1) is 14.6. The zero-order chi connectivity index (χ0) is 14.0. The van der Waals surface area contributed by atoms with Gasteiger partial charge in [0.25, 0.3) is 0 Å².